The lowest BCUT2D eigenvalue weighted by Crippen LogP contribution is -2.56. The molecule has 1 rings (SSSR count). The van der Waals surface area contributed by atoms with E-state index in [-0.39, 0.29) is 12.5 Å². The van der Waals surface area contributed by atoms with E-state index in [9.17, 15) is 14.4 Å². The third-order valence-electron chi connectivity index (χ3n) is 3.67. The molecule has 0 aromatic carbocycles. The maximum atomic E-state index is 12.5. The fraction of sp³-hybridized carbons (Fsp3) is 0.769. The van der Waals surface area contributed by atoms with Crippen LogP contribution in [0.25, 0.3) is 0 Å². The fourth-order valence-corrected chi connectivity index (χ4v) is 2.62. The highest BCUT2D eigenvalue weighted by Gasteiger charge is 2.34. The zero-order chi connectivity index (χ0) is 15.3. The van der Waals surface area contributed by atoms with Gasteiger partial charge in [0.15, 0.2) is 0 Å². The van der Waals surface area contributed by atoms with Gasteiger partial charge in [-0.2, -0.15) is 0 Å². The van der Waals surface area contributed by atoms with Crippen LogP contribution in [0, 0.1) is 0 Å². The summed E-state index contributed by atoms with van der Waals surface area (Å²) in [7, 11) is 0. The van der Waals surface area contributed by atoms with Crippen LogP contribution in [0.1, 0.15) is 39.5 Å². The largest absolute Gasteiger partial charge is 0.481 e. The molecule has 2 unspecified atom stereocenters. The summed E-state index contributed by atoms with van der Waals surface area (Å²) in [6.45, 7) is 4.37. The summed E-state index contributed by atoms with van der Waals surface area (Å²) < 4.78 is 0. The lowest BCUT2D eigenvalue weighted by Gasteiger charge is -2.39. The van der Waals surface area contributed by atoms with Gasteiger partial charge >= 0.3 is 12.0 Å². The molecule has 3 amide bonds. The molecule has 0 aliphatic carbocycles. The molecule has 0 spiro atoms. The van der Waals surface area contributed by atoms with Crippen molar-refractivity contribution >= 4 is 17.9 Å². The van der Waals surface area contributed by atoms with Crippen LogP contribution in [0.2, 0.25) is 0 Å². The highest BCUT2D eigenvalue weighted by Crippen LogP contribution is 2.20. The summed E-state index contributed by atoms with van der Waals surface area (Å²) in [4.78, 5) is 37.7. The minimum absolute atomic E-state index is 0.116. The molecule has 1 aliphatic heterocycles. The van der Waals surface area contributed by atoms with Crippen molar-refractivity contribution in [1.29, 1.82) is 0 Å². The van der Waals surface area contributed by atoms with Gasteiger partial charge in [-0.15, -0.1) is 0 Å². The Hall–Kier alpha value is -1.79. The number of carboxylic acids is 1. The van der Waals surface area contributed by atoms with E-state index >= 15 is 0 Å². The van der Waals surface area contributed by atoms with Crippen LogP contribution in [0.3, 0.4) is 0 Å². The van der Waals surface area contributed by atoms with Crippen molar-refractivity contribution in [2.75, 3.05) is 13.1 Å². The van der Waals surface area contributed by atoms with Crippen LogP contribution in [0.4, 0.5) is 4.79 Å². The number of nitrogens with zero attached hydrogens (tertiary/aromatic N) is 2. The molecule has 1 heterocycles. The van der Waals surface area contributed by atoms with Crippen LogP contribution in [0.5, 0.6) is 0 Å². The Bertz CT molecular complexity index is 386. The van der Waals surface area contributed by atoms with Gasteiger partial charge in [0.05, 0.1) is 6.42 Å². The Kier molecular flexibility index (Phi) is 5.79. The van der Waals surface area contributed by atoms with Gasteiger partial charge in [0.1, 0.15) is 6.04 Å². The molecular weight excluding hydrogens is 262 g/mol. The predicted molar refractivity (Wildman–Crippen MR) is 73.0 cm³/mol. The molecule has 0 aromatic rings. The second-order valence-electron chi connectivity index (χ2n) is 5.12. The number of nitrogens with two attached hydrogens (primary N) is 1. The van der Waals surface area contributed by atoms with Crippen molar-refractivity contribution in [1.82, 2.24) is 9.80 Å². The number of hydrogen-bond acceptors (Lipinski definition) is 3. The van der Waals surface area contributed by atoms with Crippen molar-refractivity contribution in [3.63, 3.8) is 0 Å². The van der Waals surface area contributed by atoms with Crippen molar-refractivity contribution in [2.24, 2.45) is 5.73 Å². The first-order valence-electron chi connectivity index (χ1n) is 6.96. The second kappa shape index (κ2) is 7.12. The number of carboxylic acid groups (broad SMARTS) is 1. The number of rotatable bonds is 5. The summed E-state index contributed by atoms with van der Waals surface area (Å²) in [6.07, 6.45) is 2.16. The van der Waals surface area contributed by atoms with E-state index in [0.717, 1.165) is 12.8 Å². The van der Waals surface area contributed by atoms with Crippen LogP contribution in [0.15, 0.2) is 0 Å². The Morgan fingerprint density at radius 1 is 1.40 bits per heavy atom. The van der Waals surface area contributed by atoms with Crippen molar-refractivity contribution < 1.29 is 19.5 Å². The lowest BCUT2D eigenvalue weighted by atomic mass is 10.0. The molecule has 0 bridgehead atoms. The molecule has 0 saturated carbocycles. The van der Waals surface area contributed by atoms with E-state index < -0.39 is 24.0 Å². The predicted octanol–water partition coefficient (Wildman–Crippen LogP) is 0.631. The summed E-state index contributed by atoms with van der Waals surface area (Å²) in [5.74, 6) is -1.45. The number of amides is 3. The highest BCUT2D eigenvalue weighted by atomic mass is 16.4. The average Bonchev–Trinajstić information content (AvgIpc) is 2.38. The molecule has 20 heavy (non-hydrogen) atoms. The van der Waals surface area contributed by atoms with Gasteiger partial charge < -0.3 is 20.6 Å². The molecule has 1 fully saturated rings. The fourth-order valence-electron chi connectivity index (χ4n) is 2.62. The van der Waals surface area contributed by atoms with Gasteiger partial charge in [-0.1, -0.05) is 0 Å². The van der Waals surface area contributed by atoms with Crippen LogP contribution in [-0.2, 0) is 9.59 Å². The average molecular weight is 285 g/mol. The molecule has 0 radical (unpaired) electrons. The van der Waals surface area contributed by atoms with Gasteiger partial charge in [0.2, 0.25) is 5.91 Å². The van der Waals surface area contributed by atoms with Crippen molar-refractivity contribution in [3.8, 4) is 0 Å². The summed E-state index contributed by atoms with van der Waals surface area (Å²) >= 11 is 0. The third kappa shape index (κ3) is 3.85. The molecule has 1 saturated heterocycles. The number of carbonyl (C=O) groups excluding carboxylic acids is 2. The zero-order valence-electron chi connectivity index (χ0n) is 12.0. The van der Waals surface area contributed by atoms with E-state index in [1.807, 2.05) is 0 Å². The molecule has 3 N–H and O–H groups in total. The zero-order valence-corrected chi connectivity index (χ0v) is 12.0. The van der Waals surface area contributed by atoms with E-state index in [1.165, 1.54) is 9.80 Å². The number of carbonyl (C=O) groups is 3. The number of piperidine rings is 1. The standard InChI is InChI=1S/C13H23N3O4/c1-3-15(9(2)8-11(17)18)13(20)16-7-5-4-6-10(16)12(14)19/h9-10H,3-8H2,1-2H3,(H2,14,19)(H,17,18). The SMILES string of the molecule is CCN(C(=O)N1CCCCC1C(N)=O)C(C)CC(=O)O. The summed E-state index contributed by atoms with van der Waals surface area (Å²) in [6, 6.07) is -1.30. The van der Waals surface area contributed by atoms with Crippen molar-refractivity contribution in [3.05, 3.63) is 0 Å². The van der Waals surface area contributed by atoms with E-state index in [4.69, 9.17) is 10.8 Å². The van der Waals surface area contributed by atoms with Gasteiger partial charge in [-0.05, 0) is 33.1 Å². The van der Waals surface area contributed by atoms with Gasteiger partial charge in [-0.25, -0.2) is 4.79 Å². The maximum Gasteiger partial charge on any atom is 0.320 e. The molecule has 2 atom stereocenters. The summed E-state index contributed by atoms with van der Waals surface area (Å²) in [5, 5.41) is 8.83. The first-order valence-corrected chi connectivity index (χ1v) is 6.96. The number of primary amides is 1. The number of aliphatic carboxylic acids is 1. The minimum atomic E-state index is -0.950. The molecule has 0 aromatic heterocycles. The quantitative estimate of drug-likeness (QED) is 0.773. The minimum Gasteiger partial charge on any atom is -0.481 e. The Balaban J connectivity index is 2.82. The van der Waals surface area contributed by atoms with E-state index in [2.05, 4.69) is 0 Å². The molecular formula is C13H23N3O4. The number of urea groups is 1. The molecule has 114 valence electrons. The van der Waals surface area contributed by atoms with Gasteiger partial charge in [-0.3, -0.25) is 9.59 Å². The van der Waals surface area contributed by atoms with Gasteiger partial charge in [0.25, 0.3) is 0 Å². The van der Waals surface area contributed by atoms with E-state index in [1.54, 1.807) is 13.8 Å². The third-order valence-corrected chi connectivity index (χ3v) is 3.67. The lowest BCUT2D eigenvalue weighted by molar-refractivity contribution is -0.138. The van der Waals surface area contributed by atoms with Gasteiger partial charge in [0, 0.05) is 19.1 Å². The smallest absolute Gasteiger partial charge is 0.320 e. The Labute approximate surface area is 118 Å². The molecule has 7 nitrogen and oxygen atoms in total. The summed E-state index contributed by atoms with van der Waals surface area (Å²) in [5.41, 5.74) is 5.35. The molecule has 7 heteroatoms. The number of hydrogen-bond donors (Lipinski definition) is 2. The first-order chi connectivity index (χ1) is 9.38. The van der Waals surface area contributed by atoms with Crippen LogP contribution >= 0.6 is 0 Å². The normalized spacial score (nSPS) is 20.3. The monoisotopic (exact) mass is 285 g/mol. The van der Waals surface area contributed by atoms with Crippen molar-refractivity contribution in [2.45, 2.75) is 51.6 Å². The second-order valence-corrected chi connectivity index (χ2v) is 5.12. The molecule has 1 aliphatic rings. The van der Waals surface area contributed by atoms with E-state index in [0.29, 0.717) is 19.5 Å². The van der Waals surface area contributed by atoms with Crippen LogP contribution in [-0.4, -0.2) is 58.0 Å². The van der Waals surface area contributed by atoms with Crippen LogP contribution < -0.4 is 5.73 Å². The highest BCUT2D eigenvalue weighted by molar-refractivity contribution is 5.86. The Morgan fingerprint density at radius 3 is 2.55 bits per heavy atom. The maximum absolute atomic E-state index is 12.5. The first kappa shape index (κ1) is 16.3. The Morgan fingerprint density at radius 2 is 2.05 bits per heavy atom. The topological polar surface area (TPSA) is 104 Å². The number of likely N-dealkylation sites (tertiary alicyclic amines) is 1.